The van der Waals surface area contributed by atoms with Crippen molar-refractivity contribution in [2.75, 3.05) is 0 Å². The van der Waals surface area contributed by atoms with Crippen molar-refractivity contribution >= 4 is 0 Å². The van der Waals surface area contributed by atoms with Gasteiger partial charge in [-0.05, 0) is 37.0 Å². The highest BCUT2D eigenvalue weighted by atomic mass is 15.2. The first-order valence-electron chi connectivity index (χ1n) is 6.10. The Morgan fingerprint density at radius 2 is 1.86 bits per heavy atom. The molecule has 0 bridgehead atoms. The van der Waals surface area contributed by atoms with E-state index in [1.165, 1.54) is 32.1 Å². The predicted octanol–water partition coefficient (Wildman–Crippen LogP) is 2.83. The smallest absolute Gasteiger partial charge is 0.0264 e. The lowest BCUT2D eigenvalue weighted by Crippen LogP contribution is -2.47. The average molecular weight is 198 g/mol. The zero-order chi connectivity index (χ0) is 10.6. The lowest BCUT2D eigenvalue weighted by atomic mass is 9.72. The molecule has 0 spiro atoms. The Labute approximate surface area is 88.6 Å². The Hall–Kier alpha value is -0.0800. The highest BCUT2D eigenvalue weighted by Crippen LogP contribution is 2.46. The molecule has 84 valence electrons. The Bertz CT molecular complexity index is 156. The highest BCUT2D eigenvalue weighted by Gasteiger charge is 2.40. The SMILES string of the molecule is CCC(NN)C1(CC(C)C)CCCC1. The number of rotatable bonds is 5. The molecule has 2 nitrogen and oxygen atoms in total. The third kappa shape index (κ3) is 2.48. The Morgan fingerprint density at radius 1 is 1.29 bits per heavy atom. The summed E-state index contributed by atoms with van der Waals surface area (Å²) in [5.74, 6) is 6.46. The van der Waals surface area contributed by atoms with Crippen LogP contribution in [0.3, 0.4) is 0 Å². The lowest BCUT2D eigenvalue weighted by molar-refractivity contribution is 0.151. The van der Waals surface area contributed by atoms with Crippen molar-refractivity contribution in [2.45, 2.75) is 65.3 Å². The minimum Gasteiger partial charge on any atom is -0.271 e. The molecule has 3 N–H and O–H groups in total. The van der Waals surface area contributed by atoms with Crippen molar-refractivity contribution < 1.29 is 0 Å². The van der Waals surface area contributed by atoms with E-state index in [-0.39, 0.29) is 0 Å². The minimum absolute atomic E-state index is 0.498. The summed E-state index contributed by atoms with van der Waals surface area (Å²) < 4.78 is 0. The molecule has 0 aromatic rings. The molecule has 1 aliphatic carbocycles. The van der Waals surface area contributed by atoms with E-state index >= 15 is 0 Å². The van der Waals surface area contributed by atoms with Gasteiger partial charge in [0.05, 0.1) is 0 Å². The normalized spacial score (nSPS) is 22.9. The molecule has 1 saturated carbocycles. The van der Waals surface area contributed by atoms with Gasteiger partial charge in [-0.25, -0.2) is 0 Å². The third-order valence-electron chi connectivity index (χ3n) is 3.76. The van der Waals surface area contributed by atoms with E-state index in [0.717, 1.165) is 12.3 Å². The molecule has 14 heavy (non-hydrogen) atoms. The first kappa shape index (κ1) is 12.0. The van der Waals surface area contributed by atoms with Gasteiger partial charge in [-0.15, -0.1) is 0 Å². The zero-order valence-corrected chi connectivity index (χ0v) is 9.97. The van der Waals surface area contributed by atoms with Crippen LogP contribution in [0.5, 0.6) is 0 Å². The van der Waals surface area contributed by atoms with Crippen LogP contribution in [0.4, 0.5) is 0 Å². The highest BCUT2D eigenvalue weighted by molar-refractivity contribution is 4.93. The Kier molecular flexibility index (Phi) is 4.39. The van der Waals surface area contributed by atoms with Crippen LogP contribution in [0.25, 0.3) is 0 Å². The fourth-order valence-electron chi connectivity index (χ4n) is 3.31. The quantitative estimate of drug-likeness (QED) is 0.526. The number of nitrogens with one attached hydrogen (secondary N) is 1. The summed E-state index contributed by atoms with van der Waals surface area (Å²) in [5.41, 5.74) is 3.54. The Balaban J connectivity index is 2.69. The van der Waals surface area contributed by atoms with Gasteiger partial charge in [0.1, 0.15) is 0 Å². The summed E-state index contributed by atoms with van der Waals surface area (Å²) in [7, 11) is 0. The van der Waals surface area contributed by atoms with E-state index in [2.05, 4.69) is 26.2 Å². The maximum absolute atomic E-state index is 5.67. The molecule has 1 aliphatic rings. The molecular weight excluding hydrogens is 172 g/mol. The molecule has 1 atom stereocenters. The molecule has 1 fully saturated rings. The molecule has 1 unspecified atom stereocenters. The standard InChI is InChI=1S/C12H26N2/c1-4-11(14-13)12(9-10(2)3)7-5-6-8-12/h10-11,14H,4-9,13H2,1-3H3. The summed E-state index contributed by atoms with van der Waals surface area (Å²) in [4.78, 5) is 0. The van der Waals surface area contributed by atoms with Gasteiger partial charge in [-0.1, -0.05) is 33.6 Å². The van der Waals surface area contributed by atoms with Gasteiger partial charge in [-0.3, -0.25) is 11.3 Å². The van der Waals surface area contributed by atoms with Crippen LogP contribution < -0.4 is 11.3 Å². The molecule has 1 rings (SSSR count). The van der Waals surface area contributed by atoms with Gasteiger partial charge < -0.3 is 0 Å². The summed E-state index contributed by atoms with van der Waals surface area (Å²) in [6, 6.07) is 0.521. The van der Waals surface area contributed by atoms with E-state index in [1.807, 2.05) is 0 Å². The van der Waals surface area contributed by atoms with E-state index < -0.39 is 0 Å². The lowest BCUT2D eigenvalue weighted by Gasteiger charge is -2.38. The maximum atomic E-state index is 5.67. The fourth-order valence-corrected chi connectivity index (χ4v) is 3.31. The molecule has 0 aromatic heterocycles. The maximum Gasteiger partial charge on any atom is 0.0264 e. The minimum atomic E-state index is 0.498. The number of hydrazine groups is 1. The van der Waals surface area contributed by atoms with Crippen LogP contribution in [0.15, 0.2) is 0 Å². The topological polar surface area (TPSA) is 38.0 Å². The monoisotopic (exact) mass is 198 g/mol. The summed E-state index contributed by atoms with van der Waals surface area (Å²) in [6.45, 7) is 6.89. The van der Waals surface area contributed by atoms with Crippen molar-refractivity contribution in [3.05, 3.63) is 0 Å². The largest absolute Gasteiger partial charge is 0.271 e. The van der Waals surface area contributed by atoms with Crippen molar-refractivity contribution in [3.63, 3.8) is 0 Å². The van der Waals surface area contributed by atoms with E-state index in [0.29, 0.717) is 11.5 Å². The van der Waals surface area contributed by atoms with Gasteiger partial charge in [-0.2, -0.15) is 0 Å². The van der Waals surface area contributed by atoms with Gasteiger partial charge in [0, 0.05) is 6.04 Å². The van der Waals surface area contributed by atoms with Crippen LogP contribution in [0.1, 0.15) is 59.3 Å². The predicted molar refractivity (Wildman–Crippen MR) is 61.8 cm³/mol. The average Bonchev–Trinajstić information content (AvgIpc) is 2.55. The van der Waals surface area contributed by atoms with Crippen LogP contribution in [0.2, 0.25) is 0 Å². The first-order chi connectivity index (χ1) is 6.64. The summed E-state index contributed by atoms with van der Waals surface area (Å²) in [6.07, 6.45) is 8.01. The van der Waals surface area contributed by atoms with E-state index in [1.54, 1.807) is 0 Å². The summed E-state index contributed by atoms with van der Waals surface area (Å²) >= 11 is 0. The molecule has 2 heteroatoms. The molecular formula is C12H26N2. The molecule has 0 radical (unpaired) electrons. The molecule has 0 aromatic carbocycles. The van der Waals surface area contributed by atoms with Crippen molar-refractivity contribution in [1.82, 2.24) is 5.43 Å². The molecule has 0 amide bonds. The fraction of sp³-hybridized carbons (Fsp3) is 1.00. The van der Waals surface area contributed by atoms with Crippen LogP contribution in [0, 0.1) is 11.3 Å². The van der Waals surface area contributed by atoms with Crippen LogP contribution in [-0.2, 0) is 0 Å². The Morgan fingerprint density at radius 3 is 2.21 bits per heavy atom. The van der Waals surface area contributed by atoms with E-state index in [9.17, 15) is 0 Å². The van der Waals surface area contributed by atoms with Crippen molar-refractivity contribution in [2.24, 2.45) is 17.2 Å². The molecule has 0 saturated heterocycles. The number of hydrogen-bond donors (Lipinski definition) is 2. The first-order valence-corrected chi connectivity index (χ1v) is 6.10. The second-order valence-corrected chi connectivity index (χ2v) is 5.29. The number of hydrogen-bond acceptors (Lipinski definition) is 2. The van der Waals surface area contributed by atoms with E-state index in [4.69, 9.17) is 5.84 Å². The zero-order valence-electron chi connectivity index (χ0n) is 9.97. The molecule has 0 heterocycles. The van der Waals surface area contributed by atoms with Gasteiger partial charge in [0.15, 0.2) is 0 Å². The number of nitrogens with two attached hydrogens (primary N) is 1. The van der Waals surface area contributed by atoms with Gasteiger partial charge in [0.25, 0.3) is 0 Å². The molecule has 0 aliphatic heterocycles. The second kappa shape index (κ2) is 5.13. The van der Waals surface area contributed by atoms with Crippen LogP contribution in [-0.4, -0.2) is 6.04 Å². The second-order valence-electron chi connectivity index (χ2n) is 5.29. The van der Waals surface area contributed by atoms with Crippen molar-refractivity contribution in [1.29, 1.82) is 0 Å². The third-order valence-corrected chi connectivity index (χ3v) is 3.76. The van der Waals surface area contributed by atoms with Crippen LogP contribution >= 0.6 is 0 Å². The van der Waals surface area contributed by atoms with Gasteiger partial charge in [0.2, 0.25) is 0 Å². The van der Waals surface area contributed by atoms with Gasteiger partial charge >= 0.3 is 0 Å². The summed E-state index contributed by atoms with van der Waals surface area (Å²) in [5, 5.41) is 0. The van der Waals surface area contributed by atoms with Crippen molar-refractivity contribution in [3.8, 4) is 0 Å².